The molecule has 2 amide bonds. The van der Waals surface area contributed by atoms with Crippen LogP contribution in [0.4, 0.5) is 10.3 Å². The van der Waals surface area contributed by atoms with Crippen LogP contribution in [0.25, 0.3) is 0 Å². The number of amides is 2. The third kappa shape index (κ3) is 4.53. The summed E-state index contributed by atoms with van der Waals surface area (Å²) in [6.07, 6.45) is 3.12. The Bertz CT molecular complexity index is 763. The number of carbonyl (C=O) groups excluding carboxylic acids is 2. The molecule has 0 saturated carbocycles. The van der Waals surface area contributed by atoms with Gasteiger partial charge >= 0.3 is 0 Å². The Balaban J connectivity index is 1.44. The summed E-state index contributed by atoms with van der Waals surface area (Å²) in [5.74, 6) is -0.377. The summed E-state index contributed by atoms with van der Waals surface area (Å²) in [4.78, 5) is 36.3. The second kappa shape index (κ2) is 8.37. The van der Waals surface area contributed by atoms with Gasteiger partial charge in [0.25, 0.3) is 0 Å². The summed E-state index contributed by atoms with van der Waals surface area (Å²) in [5.41, 5.74) is 0.393. The molecule has 1 aromatic heterocycles. The first-order chi connectivity index (χ1) is 12.6. The monoisotopic (exact) mass is 357 g/mol. The molecule has 1 N–H and O–H groups in total. The van der Waals surface area contributed by atoms with Crippen molar-refractivity contribution >= 4 is 17.8 Å². The molecule has 8 heteroatoms. The molecule has 2 heterocycles. The van der Waals surface area contributed by atoms with E-state index in [0.717, 1.165) is 0 Å². The third-order valence-corrected chi connectivity index (χ3v) is 4.21. The van der Waals surface area contributed by atoms with Gasteiger partial charge in [-0.3, -0.25) is 9.59 Å². The Hall–Kier alpha value is -3.03. The maximum absolute atomic E-state index is 13.5. The topological polar surface area (TPSA) is 78.4 Å². The zero-order chi connectivity index (χ0) is 18.4. The Morgan fingerprint density at radius 3 is 2.42 bits per heavy atom. The predicted molar refractivity (Wildman–Crippen MR) is 93.7 cm³/mol. The van der Waals surface area contributed by atoms with E-state index in [1.165, 1.54) is 6.07 Å². The second-order valence-electron chi connectivity index (χ2n) is 5.96. The molecule has 0 bridgehead atoms. The van der Waals surface area contributed by atoms with Gasteiger partial charge in [-0.25, -0.2) is 14.4 Å². The largest absolute Gasteiger partial charge is 0.351 e. The molecule has 1 saturated heterocycles. The number of piperazine rings is 1. The van der Waals surface area contributed by atoms with Crippen molar-refractivity contribution in [2.45, 2.75) is 13.0 Å². The van der Waals surface area contributed by atoms with Gasteiger partial charge in [0.2, 0.25) is 17.8 Å². The molecule has 0 spiro atoms. The van der Waals surface area contributed by atoms with Crippen molar-refractivity contribution in [1.82, 2.24) is 20.2 Å². The number of aromatic nitrogens is 2. The van der Waals surface area contributed by atoms with Crippen molar-refractivity contribution in [2.24, 2.45) is 0 Å². The molecular weight excluding hydrogens is 337 g/mol. The normalized spacial score (nSPS) is 14.2. The highest BCUT2D eigenvalue weighted by atomic mass is 19.1. The molecule has 1 fully saturated rings. The summed E-state index contributed by atoms with van der Waals surface area (Å²) >= 11 is 0. The summed E-state index contributed by atoms with van der Waals surface area (Å²) in [6, 6.07) is 7.98. The summed E-state index contributed by atoms with van der Waals surface area (Å²) in [7, 11) is 0. The second-order valence-corrected chi connectivity index (χ2v) is 5.96. The molecule has 1 aromatic carbocycles. The number of hydrogen-bond acceptors (Lipinski definition) is 5. The maximum atomic E-state index is 13.5. The first-order valence-corrected chi connectivity index (χ1v) is 8.43. The number of benzene rings is 1. The molecule has 0 atom stereocenters. The van der Waals surface area contributed by atoms with Gasteiger partial charge in [-0.05, 0) is 12.1 Å². The van der Waals surface area contributed by atoms with Gasteiger partial charge in [0.05, 0.1) is 0 Å². The SMILES string of the molecule is O=C(CC(=O)N1CCN(c2ncccn2)CC1)NCc1ccccc1F. The smallest absolute Gasteiger partial charge is 0.232 e. The molecule has 1 aliphatic heterocycles. The number of hydrogen-bond donors (Lipinski definition) is 1. The molecular formula is C18H20FN5O2. The Morgan fingerprint density at radius 1 is 1.04 bits per heavy atom. The molecule has 26 heavy (non-hydrogen) atoms. The quantitative estimate of drug-likeness (QED) is 0.807. The Labute approximate surface area is 150 Å². The minimum Gasteiger partial charge on any atom is -0.351 e. The lowest BCUT2D eigenvalue weighted by molar-refractivity contribution is -0.136. The van der Waals surface area contributed by atoms with Crippen molar-refractivity contribution in [2.75, 3.05) is 31.1 Å². The van der Waals surface area contributed by atoms with E-state index in [2.05, 4.69) is 15.3 Å². The van der Waals surface area contributed by atoms with Crippen LogP contribution >= 0.6 is 0 Å². The van der Waals surface area contributed by atoms with Crippen molar-refractivity contribution in [3.63, 3.8) is 0 Å². The minimum atomic E-state index is -0.410. The van der Waals surface area contributed by atoms with Crippen LogP contribution in [0.5, 0.6) is 0 Å². The van der Waals surface area contributed by atoms with E-state index in [1.54, 1.807) is 41.6 Å². The summed E-state index contributed by atoms with van der Waals surface area (Å²) in [6.45, 7) is 2.33. The zero-order valence-electron chi connectivity index (χ0n) is 14.3. The van der Waals surface area contributed by atoms with Crippen LogP contribution in [-0.4, -0.2) is 52.9 Å². The number of nitrogens with one attached hydrogen (secondary N) is 1. The van der Waals surface area contributed by atoms with Crippen LogP contribution in [0.15, 0.2) is 42.7 Å². The van der Waals surface area contributed by atoms with Crippen molar-refractivity contribution in [3.05, 3.63) is 54.1 Å². The average Bonchev–Trinajstić information content (AvgIpc) is 2.68. The van der Waals surface area contributed by atoms with E-state index >= 15 is 0 Å². The van der Waals surface area contributed by atoms with Crippen molar-refractivity contribution < 1.29 is 14.0 Å². The van der Waals surface area contributed by atoms with Crippen molar-refractivity contribution in [1.29, 1.82) is 0 Å². The third-order valence-electron chi connectivity index (χ3n) is 4.21. The molecule has 3 rings (SSSR count). The van der Waals surface area contributed by atoms with Crippen LogP contribution in [0.3, 0.4) is 0 Å². The first kappa shape index (κ1) is 17.8. The predicted octanol–water partition coefficient (Wildman–Crippen LogP) is 0.971. The first-order valence-electron chi connectivity index (χ1n) is 8.43. The lowest BCUT2D eigenvalue weighted by Gasteiger charge is -2.34. The highest BCUT2D eigenvalue weighted by Gasteiger charge is 2.23. The number of nitrogens with zero attached hydrogens (tertiary/aromatic N) is 4. The van der Waals surface area contributed by atoms with Gasteiger partial charge in [0.1, 0.15) is 12.2 Å². The Kier molecular flexibility index (Phi) is 5.73. The van der Waals surface area contributed by atoms with Crippen LogP contribution in [0, 0.1) is 5.82 Å². The van der Waals surface area contributed by atoms with E-state index in [9.17, 15) is 14.0 Å². The minimum absolute atomic E-state index is 0.0674. The van der Waals surface area contributed by atoms with Gasteiger partial charge in [-0.1, -0.05) is 18.2 Å². The van der Waals surface area contributed by atoms with Gasteiger partial charge < -0.3 is 15.1 Å². The van der Waals surface area contributed by atoms with Gasteiger partial charge in [0, 0.05) is 50.7 Å². The number of halogens is 1. The molecule has 1 aliphatic rings. The molecule has 136 valence electrons. The fourth-order valence-electron chi connectivity index (χ4n) is 2.76. The van der Waals surface area contributed by atoms with E-state index in [0.29, 0.717) is 37.7 Å². The zero-order valence-corrected chi connectivity index (χ0v) is 14.3. The highest BCUT2D eigenvalue weighted by Crippen LogP contribution is 2.10. The van der Waals surface area contributed by atoms with Crippen LogP contribution in [0.1, 0.15) is 12.0 Å². The van der Waals surface area contributed by atoms with Gasteiger partial charge in [-0.15, -0.1) is 0 Å². The summed E-state index contributed by atoms with van der Waals surface area (Å²) in [5, 5.41) is 2.59. The standard InChI is InChI=1S/C18H20FN5O2/c19-15-5-2-1-4-14(15)13-22-16(25)12-17(26)23-8-10-24(11-9-23)18-20-6-3-7-21-18/h1-7H,8-13H2,(H,22,25). The van der Waals surface area contributed by atoms with Crippen LogP contribution < -0.4 is 10.2 Å². The average molecular weight is 357 g/mol. The molecule has 0 unspecified atom stereocenters. The van der Waals surface area contributed by atoms with Gasteiger partial charge in [-0.2, -0.15) is 0 Å². The van der Waals surface area contributed by atoms with Crippen LogP contribution in [0.2, 0.25) is 0 Å². The Morgan fingerprint density at radius 2 is 1.73 bits per heavy atom. The van der Waals surface area contributed by atoms with Gasteiger partial charge in [0.15, 0.2) is 0 Å². The fourth-order valence-corrected chi connectivity index (χ4v) is 2.76. The molecule has 0 radical (unpaired) electrons. The summed E-state index contributed by atoms with van der Waals surface area (Å²) < 4.78 is 13.5. The lowest BCUT2D eigenvalue weighted by Crippen LogP contribution is -2.50. The maximum Gasteiger partial charge on any atom is 0.232 e. The van der Waals surface area contributed by atoms with E-state index in [-0.39, 0.29) is 24.7 Å². The van der Waals surface area contributed by atoms with Crippen molar-refractivity contribution in [3.8, 4) is 0 Å². The molecule has 7 nitrogen and oxygen atoms in total. The number of anilines is 1. The lowest BCUT2D eigenvalue weighted by atomic mass is 10.2. The number of rotatable bonds is 5. The van der Waals surface area contributed by atoms with E-state index in [1.807, 2.05) is 4.90 Å². The van der Waals surface area contributed by atoms with E-state index < -0.39 is 5.91 Å². The molecule has 0 aliphatic carbocycles. The fraction of sp³-hybridized carbons (Fsp3) is 0.333. The van der Waals surface area contributed by atoms with E-state index in [4.69, 9.17) is 0 Å². The molecule has 2 aromatic rings. The number of carbonyl (C=O) groups is 2. The highest BCUT2D eigenvalue weighted by molar-refractivity contribution is 5.96. The van der Waals surface area contributed by atoms with Crippen LogP contribution in [-0.2, 0) is 16.1 Å².